The van der Waals surface area contributed by atoms with Crippen molar-refractivity contribution in [1.82, 2.24) is 4.90 Å². The fourth-order valence-corrected chi connectivity index (χ4v) is 4.25. The number of halogens is 3. The molecular formula is C25H31F3N2O2. The van der Waals surface area contributed by atoms with Crippen molar-refractivity contribution in [2.24, 2.45) is 5.92 Å². The van der Waals surface area contributed by atoms with Crippen LogP contribution < -0.4 is 9.64 Å². The minimum Gasteiger partial charge on any atom is -0.497 e. The zero-order valence-electron chi connectivity index (χ0n) is 19.2. The van der Waals surface area contributed by atoms with Crippen LogP contribution in [0.25, 0.3) is 0 Å². The second-order valence-electron chi connectivity index (χ2n) is 8.74. The summed E-state index contributed by atoms with van der Waals surface area (Å²) in [7, 11) is 3.51. The van der Waals surface area contributed by atoms with Gasteiger partial charge in [-0.1, -0.05) is 25.1 Å². The van der Waals surface area contributed by atoms with E-state index in [-0.39, 0.29) is 29.9 Å². The Balaban J connectivity index is 2.09. The summed E-state index contributed by atoms with van der Waals surface area (Å²) in [5, 5.41) is 0. The Hall–Kier alpha value is -2.54. The van der Waals surface area contributed by atoms with Gasteiger partial charge in [-0.05, 0) is 68.6 Å². The van der Waals surface area contributed by atoms with Crippen LogP contribution in [0, 0.1) is 5.92 Å². The van der Waals surface area contributed by atoms with Gasteiger partial charge in [-0.15, -0.1) is 0 Å². The maximum absolute atomic E-state index is 13.9. The van der Waals surface area contributed by atoms with E-state index in [2.05, 4.69) is 4.90 Å². The summed E-state index contributed by atoms with van der Waals surface area (Å²) in [6.07, 6.45) is -4.35. The van der Waals surface area contributed by atoms with E-state index in [4.69, 9.17) is 4.74 Å². The number of benzene rings is 2. The Morgan fingerprint density at radius 3 is 2.38 bits per heavy atom. The number of nitrogens with zero attached hydrogens (tertiary/aromatic N) is 2. The van der Waals surface area contributed by atoms with Crippen molar-refractivity contribution in [2.45, 2.75) is 45.3 Å². The maximum atomic E-state index is 13.9. The van der Waals surface area contributed by atoms with Crippen molar-refractivity contribution in [3.8, 4) is 5.75 Å². The molecule has 0 N–H and O–H groups in total. The number of carbonyl (C=O) groups is 1. The molecule has 1 aliphatic heterocycles. The van der Waals surface area contributed by atoms with E-state index >= 15 is 0 Å². The van der Waals surface area contributed by atoms with Gasteiger partial charge in [-0.3, -0.25) is 4.79 Å². The molecular weight excluding hydrogens is 417 g/mol. The molecule has 1 heterocycles. The predicted molar refractivity (Wildman–Crippen MR) is 120 cm³/mol. The SMILES string of the molecule is COc1ccc([C@@H]2Cc3c(cccc3C(F)(F)F)N(CCN(C)C(C)C)C(=O)[C@@H]2C)cc1. The van der Waals surface area contributed by atoms with Crippen LogP contribution in [-0.4, -0.2) is 44.1 Å². The van der Waals surface area contributed by atoms with Crippen LogP contribution in [0.15, 0.2) is 42.5 Å². The van der Waals surface area contributed by atoms with E-state index in [1.165, 1.54) is 6.07 Å². The second-order valence-corrected chi connectivity index (χ2v) is 8.74. The molecule has 0 spiro atoms. The zero-order valence-corrected chi connectivity index (χ0v) is 19.2. The summed E-state index contributed by atoms with van der Waals surface area (Å²) < 4.78 is 47.1. The number of likely N-dealkylation sites (N-methyl/N-ethyl adjacent to an activating group) is 1. The summed E-state index contributed by atoms with van der Waals surface area (Å²) in [6, 6.07) is 11.7. The highest BCUT2D eigenvalue weighted by atomic mass is 19.4. The molecule has 1 amide bonds. The van der Waals surface area contributed by atoms with Gasteiger partial charge in [0, 0.05) is 30.7 Å². The van der Waals surface area contributed by atoms with Gasteiger partial charge in [0.15, 0.2) is 0 Å². The highest BCUT2D eigenvalue weighted by Crippen LogP contribution is 2.43. The van der Waals surface area contributed by atoms with Gasteiger partial charge < -0.3 is 14.5 Å². The lowest BCUT2D eigenvalue weighted by Crippen LogP contribution is -2.42. The third-order valence-corrected chi connectivity index (χ3v) is 6.53. The van der Waals surface area contributed by atoms with Gasteiger partial charge in [-0.2, -0.15) is 13.2 Å². The highest BCUT2D eigenvalue weighted by Gasteiger charge is 2.41. The third-order valence-electron chi connectivity index (χ3n) is 6.53. The Morgan fingerprint density at radius 2 is 1.81 bits per heavy atom. The van der Waals surface area contributed by atoms with Crippen molar-refractivity contribution in [3.05, 3.63) is 59.2 Å². The number of fused-ring (bicyclic) bond motifs is 1. The predicted octanol–water partition coefficient (Wildman–Crippen LogP) is 5.36. The molecule has 7 heteroatoms. The van der Waals surface area contributed by atoms with Crippen LogP contribution in [0.2, 0.25) is 0 Å². The minimum atomic E-state index is -4.49. The van der Waals surface area contributed by atoms with Crippen molar-refractivity contribution in [2.75, 3.05) is 32.1 Å². The molecule has 0 saturated carbocycles. The van der Waals surface area contributed by atoms with Crippen LogP contribution in [0.5, 0.6) is 5.75 Å². The molecule has 0 aliphatic carbocycles. The van der Waals surface area contributed by atoms with E-state index in [9.17, 15) is 18.0 Å². The first-order valence-corrected chi connectivity index (χ1v) is 10.9. The van der Waals surface area contributed by atoms with E-state index in [0.717, 1.165) is 11.6 Å². The number of rotatable bonds is 6. The zero-order chi connectivity index (χ0) is 23.6. The van der Waals surface area contributed by atoms with Gasteiger partial charge in [0.2, 0.25) is 5.91 Å². The molecule has 32 heavy (non-hydrogen) atoms. The van der Waals surface area contributed by atoms with E-state index in [1.54, 1.807) is 30.2 Å². The van der Waals surface area contributed by atoms with Crippen molar-refractivity contribution < 1.29 is 22.7 Å². The first-order valence-electron chi connectivity index (χ1n) is 10.9. The topological polar surface area (TPSA) is 32.8 Å². The number of carbonyl (C=O) groups excluding carboxylic acids is 1. The first kappa shape index (κ1) is 24.1. The standard InChI is InChI=1S/C25H31F3N2O2/c1-16(2)29(4)13-14-30-23-8-6-7-22(25(26,27)28)21(23)15-20(17(3)24(30)31)18-9-11-19(32-5)12-10-18/h6-12,16-17,20H,13-15H2,1-5H3/t17-,20-/m1/s1. The van der Waals surface area contributed by atoms with Crippen LogP contribution in [0.4, 0.5) is 18.9 Å². The lowest BCUT2D eigenvalue weighted by atomic mass is 9.82. The number of hydrogen-bond acceptors (Lipinski definition) is 3. The minimum absolute atomic E-state index is 0.140. The number of hydrogen-bond donors (Lipinski definition) is 0. The number of anilines is 1. The molecule has 0 fully saturated rings. The average Bonchev–Trinajstić information content (AvgIpc) is 2.86. The summed E-state index contributed by atoms with van der Waals surface area (Å²) in [6.45, 7) is 6.81. The summed E-state index contributed by atoms with van der Waals surface area (Å²) >= 11 is 0. The summed E-state index contributed by atoms with van der Waals surface area (Å²) in [5.74, 6) is -0.332. The highest BCUT2D eigenvalue weighted by molar-refractivity contribution is 5.97. The van der Waals surface area contributed by atoms with Gasteiger partial charge in [-0.25, -0.2) is 0 Å². The normalized spacial score (nSPS) is 19.3. The van der Waals surface area contributed by atoms with E-state index in [1.807, 2.05) is 40.0 Å². The number of methoxy groups -OCH3 is 1. The second kappa shape index (κ2) is 9.53. The number of alkyl halides is 3. The van der Waals surface area contributed by atoms with Crippen molar-refractivity contribution in [1.29, 1.82) is 0 Å². The molecule has 0 unspecified atom stereocenters. The lowest BCUT2D eigenvalue weighted by molar-refractivity contribution is -0.138. The number of amides is 1. The molecule has 3 rings (SSSR count). The Labute approximate surface area is 188 Å². The van der Waals surface area contributed by atoms with Gasteiger partial charge in [0.1, 0.15) is 5.75 Å². The Kier molecular flexibility index (Phi) is 7.18. The molecule has 2 aromatic carbocycles. The molecule has 0 bridgehead atoms. The lowest BCUT2D eigenvalue weighted by Gasteiger charge is -2.30. The maximum Gasteiger partial charge on any atom is 0.416 e. The fourth-order valence-electron chi connectivity index (χ4n) is 4.25. The van der Waals surface area contributed by atoms with E-state index < -0.39 is 17.7 Å². The van der Waals surface area contributed by atoms with Crippen molar-refractivity contribution >= 4 is 11.6 Å². The molecule has 0 aromatic heterocycles. The Morgan fingerprint density at radius 1 is 1.16 bits per heavy atom. The quantitative estimate of drug-likeness (QED) is 0.596. The molecule has 0 saturated heterocycles. The third kappa shape index (κ3) is 4.93. The largest absolute Gasteiger partial charge is 0.497 e. The van der Waals surface area contributed by atoms with Gasteiger partial charge >= 0.3 is 6.18 Å². The van der Waals surface area contributed by atoms with Crippen LogP contribution in [0.1, 0.15) is 43.4 Å². The first-order chi connectivity index (χ1) is 15.0. The smallest absolute Gasteiger partial charge is 0.416 e. The molecule has 4 nitrogen and oxygen atoms in total. The molecule has 0 radical (unpaired) electrons. The van der Waals surface area contributed by atoms with Crippen LogP contribution in [0.3, 0.4) is 0 Å². The van der Waals surface area contributed by atoms with Gasteiger partial charge in [0.05, 0.1) is 12.7 Å². The summed E-state index contributed by atoms with van der Waals surface area (Å²) in [5.41, 5.74) is 0.712. The Bertz CT molecular complexity index is 941. The summed E-state index contributed by atoms with van der Waals surface area (Å²) in [4.78, 5) is 17.2. The monoisotopic (exact) mass is 448 g/mol. The van der Waals surface area contributed by atoms with Gasteiger partial charge in [0.25, 0.3) is 0 Å². The molecule has 1 aliphatic rings. The number of ether oxygens (including phenoxy) is 1. The van der Waals surface area contributed by atoms with Crippen LogP contribution in [-0.2, 0) is 17.4 Å². The average molecular weight is 449 g/mol. The molecule has 2 aromatic rings. The molecule has 174 valence electrons. The fraction of sp³-hybridized carbons (Fsp3) is 0.480. The molecule has 2 atom stereocenters. The van der Waals surface area contributed by atoms with Crippen LogP contribution >= 0.6 is 0 Å². The van der Waals surface area contributed by atoms with E-state index in [0.29, 0.717) is 24.5 Å². The van der Waals surface area contributed by atoms with Crippen molar-refractivity contribution in [3.63, 3.8) is 0 Å².